The van der Waals surface area contributed by atoms with E-state index in [1.165, 1.54) is 43.1 Å². The normalized spacial score (nSPS) is 11.6. The van der Waals surface area contributed by atoms with Crippen LogP contribution in [0.25, 0.3) is 0 Å². The third-order valence-electron chi connectivity index (χ3n) is 4.03. The van der Waals surface area contributed by atoms with Crippen LogP contribution in [-0.2, 0) is 17.1 Å². The van der Waals surface area contributed by atoms with Crippen molar-refractivity contribution in [3.8, 4) is 0 Å². The largest absolute Gasteiger partial charge is 0.322 e. The van der Waals surface area contributed by atoms with Crippen LogP contribution in [0.1, 0.15) is 21.5 Å². The fourth-order valence-electron chi connectivity index (χ4n) is 2.20. The summed E-state index contributed by atoms with van der Waals surface area (Å²) in [4.78, 5) is 24.2. The summed E-state index contributed by atoms with van der Waals surface area (Å²) in [5.74, 6) is -0.473. The van der Waals surface area contributed by atoms with Gasteiger partial charge in [0, 0.05) is 44.7 Å². The van der Waals surface area contributed by atoms with Gasteiger partial charge in [-0.05, 0) is 43.2 Å². The molecule has 0 aliphatic heterocycles. The molecule has 0 aliphatic carbocycles. The second kappa shape index (κ2) is 6.81. The van der Waals surface area contributed by atoms with Crippen LogP contribution in [-0.4, -0.2) is 37.3 Å². The average Bonchev–Trinajstić information content (AvgIpc) is 2.53. The highest BCUT2D eigenvalue weighted by atomic mass is 32.2. The first-order chi connectivity index (χ1) is 11.5. The van der Waals surface area contributed by atoms with Crippen molar-refractivity contribution in [3.63, 3.8) is 0 Å². The molecule has 8 heteroatoms. The van der Waals surface area contributed by atoms with E-state index >= 15 is 0 Å². The Morgan fingerprint density at radius 3 is 2.36 bits per heavy atom. The maximum atomic E-state index is 12.4. The predicted molar refractivity (Wildman–Crippen MR) is 96.4 cm³/mol. The van der Waals surface area contributed by atoms with Crippen LogP contribution in [0.5, 0.6) is 0 Å². The molecule has 25 heavy (non-hydrogen) atoms. The summed E-state index contributed by atoms with van der Waals surface area (Å²) in [6, 6.07) is 5.76. The zero-order chi connectivity index (χ0) is 18.9. The fourth-order valence-corrected chi connectivity index (χ4v) is 3.21. The van der Waals surface area contributed by atoms with Crippen LogP contribution in [0.15, 0.2) is 40.2 Å². The number of carbonyl (C=O) groups excluding carboxylic acids is 1. The molecule has 1 aromatic heterocycles. The molecule has 1 heterocycles. The molecule has 2 aromatic rings. The average molecular weight is 363 g/mol. The molecular formula is C17H21N3O4S. The maximum absolute atomic E-state index is 12.4. The smallest absolute Gasteiger partial charge is 0.255 e. The van der Waals surface area contributed by atoms with E-state index in [0.717, 1.165) is 15.4 Å². The number of benzene rings is 1. The summed E-state index contributed by atoms with van der Waals surface area (Å²) in [7, 11) is 0.862. The lowest BCUT2D eigenvalue weighted by Crippen LogP contribution is -2.23. The first-order valence-electron chi connectivity index (χ1n) is 7.56. The van der Waals surface area contributed by atoms with Crippen molar-refractivity contribution < 1.29 is 13.2 Å². The number of anilines is 1. The molecule has 1 amide bonds. The molecule has 0 atom stereocenters. The quantitative estimate of drug-likeness (QED) is 0.892. The summed E-state index contributed by atoms with van der Waals surface area (Å²) in [6.45, 7) is 3.57. The first-order valence-corrected chi connectivity index (χ1v) is 9.00. The number of nitrogens with zero attached hydrogens (tertiary/aromatic N) is 2. The van der Waals surface area contributed by atoms with Crippen molar-refractivity contribution in [2.45, 2.75) is 18.7 Å². The van der Waals surface area contributed by atoms with E-state index in [1.807, 2.05) is 0 Å². The van der Waals surface area contributed by atoms with Crippen LogP contribution in [0.4, 0.5) is 5.69 Å². The highest BCUT2D eigenvalue weighted by Crippen LogP contribution is 2.25. The summed E-state index contributed by atoms with van der Waals surface area (Å²) in [5, 5.41) is 2.70. The van der Waals surface area contributed by atoms with Crippen molar-refractivity contribution in [2.24, 2.45) is 7.05 Å². The van der Waals surface area contributed by atoms with Crippen LogP contribution in [0.2, 0.25) is 0 Å². The number of amides is 1. The Balaban J connectivity index is 2.45. The maximum Gasteiger partial charge on any atom is 0.255 e. The van der Waals surface area contributed by atoms with E-state index in [9.17, 15) is 18.0 Å². The molecule has 0 aliphatic rings. The topological polar surface area (TPSA) is 88.5 Å². The third kappa shape index (κ3) is 3.80. The van der Waals surface area contributed by atoms with Gasteiger partial charge in [0.1, 0.15) is 0 Å². The van der Waals surface area contributed by atoms with E-state index < -0.39 is 15.9 Å². The van der Waals surface area contributed by atoms with Crippen molar-refractivity contribution in [1.29, 1.82) is 0 Å². The number of carbonyl (C=O) groups is 1. The minimum Gasteiger partial charge on any atom is -0.322 e. The number of rotatable bonds is 4. The van der Waals surface area contributed by atoms with Gasteiger partial charge in [-0.3, -0.25) is 9.59 Å². The molecule has 0 unspecified atom stereocenters. The van der Waals surface area contributed by atoms with Gasteiger partial charge in [0.25, 0.3) is 11.5 Å². The number of sulfonamides is 1. The van der Waals surface area contributed by atoms with Crippen LogP contribution in [0.3, 0.4) is 0 Å². The Kier molecular flexibility index (Phi) is 5.15. The number of hydrogen-bond acceptors (Lipinski definition) is 4. The second-order valence-corrected chi connectivity index (χ2v) is 8.17. The van der Waals surface area contributed by atoms with Crippen molar-refractivity contribution >= 4 is 21.6 Å². The molecule has 0 saturated heterocycles. The summed E-state index contributed by atoms with van der Waals surface area (Å²) < 4.78 is 27.2. The van der Waals surface area contributed by atoms with Gasteiger partial charge >= 0.3 is 0 Å². The summed E-state index contributed by atoms with van der Waals surface area (Å²) in [5.41, 5.74) is 1.80. The van der Waals surface area contributed by atoms with E-state index in [2.05, 4.69) is 5.32 Å². The molecule has 1 N–H and O–H groups in total. The molecule has 0 fully saturated rings. The molecule has 0 saturated carbocycles. The molecule has 0 radical (unpaired) electrons. The van der Waals surface area contributed by atoms with E-state index in [0.29, 0.717) is 5.69 Å². The fraction of sp³-hybridized carbons (Fsp3) is 0.294. The molecular weight excluding hydrogens is 342 g/mol. The third-order valence-corrected chi connectivity index (χ3v) is 5.83. The van der Waals surface area contributed by atoms with Gasteiger partial charge in [0.15, 0.2) is 0 Å². The first kappa shape index (κ1) is 18.9. The van der Waals surface area contributed by atoms with Gasteiger partial charge in [0.05, 0.1) is 4.90 Å². The highest BCUT2D eigenvalue weighted by molar-refractivity contribution is 7.89. The minimum atomic E-state index is -3.62. The van der Waals surface area contributed by atoms with Gasteiger partial charge in [-0.15, -0.1) is 0 Å². The molecule has 1 aromatic carbocycles. The van der Waals surface area contributed by atoms with Gasteiger partial charge in [-0.2, -0.15) is 0 Å². The summed E-state index contributed by atoms with van der Waals surface area (Å²) >= 11 is 0. The number of aryl methyl sites for hydroxylation is 2. The number of aromatic nitrogens is 1. The lowest BCUT2D eigenvalue weighted by molar-refractivity contribution is 0.102. The van der Waals surface area contributed by atoms with Crippen LogP contribution < -0.4 is 10.9 Å². The van der Waals surface area contributed by atoms with Crippen molar-refractivity contribution in [1.82, 2.24) is 8.87 Å². The molecule has 0 bridgehead atoms. The SMILES string of the molecule is Cc1cc(S(=O)(=O)N(C)C)cc(NC(=O)c2ccn(C)c(=O)c2)c1C. The number of nitrogens with one attached hydrogen (secondary N) is 1. The molecule has 0 spiro atoms. The Morgan fingerprint density at radius 2 is 1.80 bits per heavy atom. The zero-order valence-electron chi connectivity index (χ0n) is 14.8. The van der Waals surface area contributed by atoms with E-state index in [-0.39, 0.29) is 16.0 Å². The minimum absolute atomic E-state index is 0.0971. The lowest BCUT2D eigenvalue weighted by atomic mass is 10.1. The number of hydrogen-bond donors (Lipinski definition) is 1. The van der Waals surface area contributed by atoms with Crippen molar-refractivity contribution in [3.05, 3.63) is 57.5 Å². The monoisotopic (exact) mass is 363 g/mol. The Morgan fingerprint density at radius 1 is 1.16 bits per heavy atom. The number of pyridine rings is 1. The Hall–Kier alpha value is -2.45. The lowest BCUT2D eigenvalue weighted by Gasteiger charge is -2.16. The highest BCUT2D eigenvalue weighted by Gasteiger charge is 2.20. The standard InChI is InChI=1S/C17H21N3O4S/c1-11-8-14(25(23,24)19(3)4)10-15(12(11)2)18-17(22)13-6-7-20(5)16(21)9-13/h6-10H,1-5H3,(H,18,22). The van der Waals surface area contributed by atoms with Crippen molar-refractivity contribution in [2.75, 3.05) is 19.4 Å². The van der Waals surface area contributed by atoms with E-state index in [4.69, 9.17) is 0 Å². The van der Waals surface area contributed by atoms with Crippen LogP contribution in [0, 0.1) is 13.8 Å². The Bertz CT molecular complexity index is 991. The predicted octanol–water partition coefficient (Wildman–Crippen LogP) is 1.50. The molecule has 134 valence electrons. The Labute approximate surface area is 147 Å². The zero-order valence-corrected chi connectivity index (χ0v) is 15.6. The molecule has 7 nitrogen and oxygen atoms in total. The van der Waals surface area contributed by atoms with E-state index in [1.54, 1.807) is 27.0 Å². The van der Waals surface area contributed by atoms with Crippen LogP contribution >= 0.6 is 0 Å². The van der Waals surface area contributed by atoms with Gasteiger partial charge < -0.3 is 9.88 Å². The molecule has 2 rings (SSSR count). The summed E-state index contributed by atoms with van der Waals surface area (Å²) in [6.07, 6.45) is 1.50. The van der Waals surface area contributed by atoms with Gasteiger partial charge in [-0.1, -0.05) is 0 Å². The van der Waals surface area contributed by atoms with Gasteiger partial charge in [-0.25, -0.2) is 12.7 Å². The van der Waals surface area contributed by atoms with Gasteiger partial charge in [0.2, 0.25) is 10.0 Å². The second-order valence-electron chi connectivity index (χ2n) is 6.02.